The number of rotatable bonds is 6. The molecule has 4 rings (SSSR count). The van der Waals surface area contributed by atoms with Gasteiger partial charge in [0.1, 0.15) is 11.4 Å². The summed E-state index contributed by atoms with van der Waals surface area (Å²) in [7, 11) is 1.82. The van der Waals surface area contributed by atoms with Crippen LogP contribution >= 0.6 is 15.9 Å². The van der Waals surface area contributed by atoms with Gasteiger partial charge in [-0.25, -0.2) is 13.6 Å². The van der Waals surface area contributed by atoms with Crippen LogP contribution in [-0.4, -0.2) is 48.4 Å². The SMILES string of the molecule is CCOC(=O)c1cn(-c2cc(N)c(F)cc2CO)c2c(Br)c(N3CC(NC)C3)c(F)c(C)c2c1=O. The Hall–Kier alpha value is -3.02. The van der Waals surface area contributed by atoms with E-state index in [1.54, 1.807) is 6.92 Å². The van der Waals surface area contributed by atoms with Crippen molar-refractivity contribution in [1.29, 1.82) is 0 Å². The molecule has 0 aliphatic carbocycles. The maximum atomic E-state index is 15.7. The molecule has 1 aromatic heterocycles. The molecule has 0 atom stereocenters. The van der Waals surface area contributed by atoms with E-state index in [0.29, 0.717) is 13.1 Å². The van der Waals surface area contributed by atoms with Gasteiger partial charge < -0.3 is 30.4 Å². The van der Waals surface area contributed by atoms with E-state index in [-0.39, 0.29) is 61.8 Å². The van der Waals surface area contributed by atoms with Crippen LogP contribution in [0.2, 0.25) is 0 Å². The Labute approximate surface area is 208 Å². The van der Waals surface area contributed by atoms with Crippen molar-refractivity contribution in [2.45, 2.75) is 26.5 Å². The van der Waals surface area contributed by atoms with E-state index in [1.807, 2.05) is 11.9 Å². The lowest BCUT2D eigenvalue weighted by Gasteiger charge is -2.42. The summed E-state index contributed by atoms with van der Waals surface area (Å²) in [6, 6.07) is 2.56. The monoisotopic (exact) mass is 550 g/mol. The molecule has 0 saturated carbocycles. The fourth-order valence-electron chi connectivity index (χ4n) is 4.31. The fourth-order valence-corrected chi connectivity index (χ4v) is 5.12. The number of pyridine rings is 1. The van der Waals surface area contributed by atoms with Crippen molar-refractivity contribution in [2.75, 3.05) is 37.4 Å². The molecule has 4 N–H and O–H groups in total. The van der Waals surface area contributed by atoms with Crippen molar-refractivity contribution in [3.63, 3.8) is 0 Å². The molecule has 0 radical (unpaired) electrons. The molecule has 0 bridgehead atoms. The van der Waals surface area contributed by atoms with Crippen molar-refractivity contribution in [1.82, 2.24) is 9.88 Å². The number of nitrogens with zero attached hydrogens (tertiary/aromatic N) is 2. The van der Waals surface area contributed by atoms with Crippen molar-refractivity contribution < 1.29 is 23.4 Å². The molecule has 186 valence electrons. The number of benzene rings is 2. The van der Waals surface area contributed by atoms with Crippen LogP contribution in [0.3, 0.4) is 0 Å². The number of nitrogens with two attached hydrogens (primary N) is 1. The van der Waals surface area contributed by atoms with E-state index >= 15 is 4.39 Å². The summed E-state index contributed by atoms with van der Waals surface area (Å²) in [4.78, 5) is 27.9. The van der Waals surface area contributed by atoms with Gasteiger partial charge in [-0.1, -0.05) is 0 Å². The molecule has 1 aliphatic rings. The summed E-state index contributed by atoms with van der Waals surface area (Å²) in [6.07, 6.45) is 1.26. The lowest BCUT2D eigenvalue weighted by molar-refractivity contribution is 0.0524. The van der Waals surface area contributed by atoms with Crippen LogP contribution < -0.4 is 21.4 Å². The summed E-state index contributed by atoms with van der Waals surface area (Å²) in [5.74, 6) is -2.20. The van der Waals surface area contributed by atoms with Crippen LogP contribution in [0.15, 0.2) is 27.6 Å². The molecule has 1 fully saturated rings. The Bertz CT molecular complexity index is 1400. The van der Waals surface area contributed by atoms with Crippen LogP contribution in [0.1, 0.15) is 28.4 Å². The summed E-state index contributed by atoms with van der Waals surface area (Å²) in [6.45, 7) is 3.65. The number of halogens is 3. The Morgan fingerprint density at radius 1 is 1.34 bits per heavy atom. The highest BCUT2D eigenvalue weighted by Crippen LogP contribution is 2.41. The average molecular weight is 551 g/mol. The van der Waals surface area contributed by atoms with E-state index in [4.69, 9.17) is 10.5 Å². The van der Waals surface area contributed by atoms with Gasteiger partial charge >= 0.3 is 5.97 Å². The minimum absolute atomic E-state index is 0.0270. The summed E-state index contributed by atoms with van der Waals surface area (Å²) >= 11 is 3.49. The predicted molar refractivity (Wildman–Crippen MR) is 133 cm³/mol. The van der Waals surface area contributed by atoms with Gasteiger partial charge in [-0.3, -0.25) is 4.79 Å². The van der Waals surface area contributed by atoms with Crippen LogP contribution in [0.5, 0.6) is 0 Å². The zero-order valence-electron chi connectivity index (χ0n) is 19.4. The van der Waals surface area contributed by atoms with E-state index in [0.717, 1.165) is 6.07 Å². The minimum atomic E-state index is -0.881. The number of aryl methyl sites for hydroxylation is 1. The van der Waals surface area contributed by atoms with E-state index in [9.17, 15) is 19.1 Å². The standard InChI is InChI=1S/C24H25BrF2N4O4/c1-4-35-24(34)14-9-31(17-6-16(28)15(26)5-12(17)10-32)21-18(23(14)33)11(2)20(27)22(19(21)25)30-7-13(8-30)29-3/h5-6,9,13,29,32H,4,7-8,10,28H2,1-3H3. The molecule has 3 aromatic rings. The van der Waals surface area contributed by atoms with Gasteiger partial charge in [0.05, 0.1) is 45.7 Å². The lowest BCUT2D eigenvalue weighted by atomic mass is 10.0. The van der Waals surface area contributed by atoms with Crippen molar-refractivity contribution in [3.8, 4) is 5.69 Å². The number of carbonyl (C=O) groups is 1. The fraction of sp³-hybridized carbons (Fsp3) is 0.333. The van der Waals surface area contributed by atoms with E-state index < -0.39 is 29.6 Å². The van der Waals surface area contributed by atoms with Crippen LogP contribution in [-0.2, 0) is 11.3 Å². The first-order valence-corrected chi connectivity index (χ1v) is 11.8. The largest absolute Gasteiger partial charge is 0.462 e. The third-order valence-electron chi connectivity index (χ3n) is 6.26. The molecule has 11 heteroatoms. The molecular weight excluding hydrogens is 526 g/mol. The maximum Gasteiger partial charge on any atom is 0.343 e. The number of likely N-dealkylation sites (N-methyl/N-ethyl adjacent to an activating group) is 1. The predicted octanol–water partition coefficient (Wildman–Crippen LogP) is 3.00. The number of aliphatic hydroxyl groups excluding tert-OH is 1. The number of carbonyl (C=O) groups excluding carboxylic acids is 1. The zero-order valence-corrected chi connectivity index (χ0v) is 21.0. The van der Waals surface area contributed by atoms with E-state index in [2.05, 4.69) is 21.2 Å². The summed E-state index contributed by atoms with van der Waals surface area (Å²) in [5.41, 5.74) is 5.56. The Morgan fingerprint density at radius 3 is 2.63 bits per heavy atom. The molecule has 0 unspecified atom stereocenters. The molecule has 0 spiro atoms. The van der Waals surface area contributed by atoms with E-state index in [1.165, 1.54) is 23.8 Å². The molecule has 0 amide bonds. The second kappa shape index (κ2) is 9.56. The van der Waals surface area contributed by atoms with Crippen LogP contribution in [0.25, 0.3) is 16.6 Å². The highest BCUT2D eigenvalue weighted by atomic mass is 79.9. The first kappa shape index (κ1) is 25.1. The van der Waals surface area contributed by atoms with Gasteiger partial charge in [-0.15, -0.1) is 0 Å². The molecule has 35 heavy (non-hydrogen) atoms. The number of ether oxygens (including phenoxy) is 1. The Kier molecular flexibility index (Phi) is 6.85. The minimum Gasteiger partial charge on any atom is -0.462 e. The van der Waals surface area contributed by atoms with Gasteiger partial charge in [0, 0.05) is 36.5 Å². The molecule has 2 heterocycles. The number of aromatic nitrogens is 1. The molecule has 8 nitrogen and oxygen atoms in total. The summed E-state index contributed by atoms with van der Waals surface area (Å²) < 4.78 is 36.7. The highest BCUT2D eigenvalue weighted by molar-refractivity contribution is 9.10. The zero-order chi connectivity index (χ0) is 25.6. The van der Waals surface area contributed by atoms with Crippen molar-refractivity contribution in [3.05, 3.63) is 61.4 Å². The molecule has 1 saturated heterocycles. The maximum absolute atomic E-state index is 15.7. The lowest BCUT2D eigenvalue weighted by Crippen LogP contribution is -2.57. The van der Waals surface area contributed by atoms with Gasteiger partial charge in [-0.2, -0.15) is 0 Å². The Morgan fingerprint density at radius 2 is 2.03 bits per heavy atom. The van der Waals surface area contributed by atoms with Gasteiger partial charge in [0.25, 0.3) is 0 Å². The number of esters is 1. The second-order valence-corrected chi connectivity index (χ2v) is 9.13. The number of aliphatic hydroxyl groups is 1. The van der Waals surface area contributed by atoms with Gasteiger partial charge in [0.15, 0.2) is 5.82 Å². The normalized spacial score (nSPS) is 13.9. The number of fused-ring (bicyclic) bond motifs is 1. The van der Waals surface area contributed by atoms with Gasteiger partial charge in [-0.05, 0) is 49.0 Å². The number of nitrogen functional groups attached to an aromatic ring is 1. The topological polar surface area (TPSA) is 110 Å². The van der Waals surface area contributed by atoms with Gasteiger partial charge in [0.2, 0.25) is 5.43 Å². The summed E-state index contributed by atoms with van der Waals surface area (Å²) in [5, 5.41) is 13.0. The number of anilines is 2. The number of nitrogens with one attached hydrogen (secondary N) is 1. The van der Waals surface area contributed by atoms with Crippen molar-refractivity contribution in [2.24, 2.45) is 0 Å². The van der Waals surface area contributed by atoms with Crippen LogP contribution in [0.4, 0.5) is 20.2 Å². The number of hydrogen-bond acceptors (Lipinski definition) is 7. The first-order valence-electron chi connectivity index (χ1n) is 11.0. The molecule has 2 aromatic carbocycles. The average Bonchev–Trinajstić information content (AvgIpc) is 2.80. The number of hydrogen-bond donors (Lipinski definition) is 3. The first-order chi connectivity index (χ1) is 16.6. The third-order valence-corrected chi connectivity index (χ3v) is 7.02. The Balaban J connectivity index is 2.14. The quantitative estimate of drug-likeness (QED) is 0.319. The third kappa shape index (κ3) is 4.07. The second-order valence-electron chi connectivity index (χ2n) is 8.34. The van der Waals surface area contributed by atoms with Crippen molar-refractivity contribution >= 4 is 44.2 Å². The smallest absolute Gasteiger partial charge is 0.343 e. The van der Waals surface area contributed by atoms with Crippen LogP contribution in [0, 0.1) is 18.6 Å². The molecular formula is C24H25BrF2N4O4. The highest BCUT2D eigenvalue weighted by Gasteiger charge is 2.33. The molecule has 1 aliphatic heterocycles.